The van der Waals surface area contributed by atoms with Gasteiger partial charge in [0, 0.05) is 36.6 Å². The van der Waals surface area contributed by atoms with E-state index in [-0.39, 0.29) is 6.03 Å². The molecule has 2 aliphatic rings. The highest BCUT2D eigenvalue weighted by atomic mass is 28.3. The summed E-state index contributed by atoms with van der Waals surface area (Å²) in [6.07, 6.45) is 5.80. The van der Waals surface area contributed by atoms with Crippen molar-refractivity contribution in [3.05, 3.63) is 29.5 Å². The van der Waals surface area contributed by atoms with E-state index in [9.17, 15) is 4.79 Å². The first-order valence-electron chi connectivity index (χ1n) is 11.2. The molecular formula is C23H36N4OSi. The normalized spacial score (nSPS) is 21.9. The maximum atomic E-state index is 12.8. The van der Waals surface area contributed by atoms with Crippen LogP contribution in [0.3, 0.4) is 0 Å². The van der Waals surface area contributed by atoms with E-state index in [1.807, 2.05) is 23.4 Å². The molecule has 158 valence electrons. The summed E-state index contributed by atoms with van der Waals surface area (Å²) in [5.41, 5.74) is 7.26. The predicted octanol–water partition coefficient (Wildman–Crippen LogP) is 3.93. The number of likely N-dealkylation sites (N-methyl/N-ethyl adjacent to an activating group) is 1. The Morgan fingerprint density at radius 3 is 2.62 bits per heavy atom. The minimum absolute atomic E-state index is 0.0211. The Bertz CT molecular complexity index is 925. The van der Waals surface area contributed by atoms with Gasteiger partial charge in [0.05, 0.1) is 13.6 Å². The highest BCUT2D eigenvalue weighted by Gasteiger charge is 2.37. The van der Waals surface area contributed by atoms with Gasteiger partial charge >= 0.3 is 6.03 Å². The van der Waals surface area contributed by atoms with Crippen molar-refractivity contribution in [2.24, 2.45) is 0 Å². The van der Waals surface area contributed by atoms with Gasteiger partial charge < -0.3 is 9.80 Å². The first-order valence-corrected chi connectivity index (χ1v) is 14.7. The third kappa shape index (κ3) is 3.50. The number of hydrogen-bond donors (Lipinski definition) is 1. The zero-order chi connectivity index (χ0) is 20.9. The molecule has 6 heteroatoms. The molecule has 0 radical (unpaired) electrons. The van der Waals surface area contributed by atoms with Gasteiger partial charge in [-0.05, 0) is 63.9 Å². The van der Waals surface area contributed by atoms with Gasteiger partial charge in [0.25, 0.3) is 0 Å². The van der Waals surface area contributed by atoms with Crippen LogP contribution in [0.25, 0.3) is 10.9 Å². The van der Waals surface area contributed by atoms with E-state index in [4.69, 9.17) is 0 Å². The Kier molecular flexibility index (Phi) is 5.28. The SMILES string of the molecule is CCN(CC)C(=O)Nn1cc2c3c(cc([Si](C)(C)C)cc31)[C@H]1CCCN(C)[C@@H]1C2. The number of fused-ring (bicyclic) bond motifs is 2. The molecule has 0 saturated carbocycles. The molecule has 2 heterocycles. The summed E-state index contributed by atoms with van der Waals surface area (Å²) < 4.78 is 2.01. The summed E-state index contributed by atoms with van der Waals surface area (Å²) in [4.78, 5) is 17.2. The summed E-state index contributed by atoms with van der Waals surface area (Å²) in [5, 5.41) is 2.88. The van der Waals surface area contributed by atoms with Crippen molar-refractivity contribution < 1.29 is 4.79 Å². The molecule has 0 unspecified atom stereocenters. The third-order valence-corrected chi connectivity index (χ3v) is 9.05. The molecule has 1 aliphatic heterocycles. The number of nitrogens with zero attached hydrogens (tertiary/aromatic N) is 3. The maximum Gasteiger partial charge on any atom is 0.336 e. The topological polar surface area (TPSA) is 40.5 Å². The Labute approximate surface area is 176 Å². The van der Waals surface area contributed by atoms with Crippen molar-refractivity contribution in [3.8, 4) is 0 Å². The number of benzene rings is 1. The average Bonchev–Trinajstić information content (AvgIpc) is 3.01. The van der Waals surface area contributed by atoms with Crippen LogP contribution >= 0.6 is 0 Å². The zero-order valence-corrected chi connectivity index (χ0v) is 19.9. The molecule has 2 atom stereocenters. The minimum Gasteiger partial charge on any atom is -0.324 e. The van der Waals surface area contributed by atoms with Crippen molar-refractivity contribution in [1.82, 2.24) is 14.5 Å². The van der Waals surface area contributed by atoms with Crippen LogP contribution in [0, 0.1) is 0 Å². The standard InChI is InChI=1S/C23H36N4OSi/c1-7-26(8-2)23(28)24-27-15-16-12-20-18(10-9-11-25(20)3)19-13-17(29(4,5)6)14-21(27)22(16)19/h13-15,18,20H,7-12H2,1-6H3,(H,24,28)/t18-,20-/m1/s1. The summed E-state index contributed by atoms with van der Waals surface area (Å²) in [5.74, 6) is 0.606. The summed E-state index contributed by atoms with van der Waals surface area (Å²) >= 11 is 0. The van der Waals surface area contributed by atoms with E-state index in [1.54, 1.807) is 0 Å². The second-order valence-corrected chi connectivity index (χ2v) is 14.9. The summed E-state index contributed by atoms with van der Waals surface area (Å²) in [7, 11) is 0.791. The molecule has 0 spiro atoms. The Balaban J connectivity index is 1.86. The van der Waals surface area contributed by atoms with Gasteiger partial charge in [-0.25, -0.2) is 10.2 Å². The van der Waals surface area contributed by atoms with Crippen LogP contribution in [0.4, 0.5) is 4.79 Å². The summed E-state index contributed by atoms with van der Waals surface area (Å²) in [6.45, 7) is 13.9. The number of amides is 2. The van der Waals surface area contributed by atoms with Crippen LogP contribution in [-0.4, -0.2) is 61.3 Å². The number of piperidine rings is 1. The van der Waals surface area contributed by atoms with Crippen LogP contribution in [-0.2, 0) is 6.42 Å². The Hall–Kier alpha value is -1.79. The molecule has 1 N–H and O–H groups in total. The molecule has 1 aliphatic carbocycles. The second-order valence-electron chi connectivity index (χ2n) is 9.82. The number of nitrogens with one attached hydrogen (secondary N) is 1. The van der Waals surface area contributed by atoms with Gasteiger partial charge in [0.15, 0.2) is 0 Å². The maximum absolute atomic E-state index is 12.8. The molecule has 0 bridgehead atoms. The first-order chi connectivity index (χ1) is 13.7. The van der Waals surface area contributed by atoms with Crippen molar-refractivity contribution in [2.75, 3.05) is 32.1 Å². The molecule has 5 nitrogen and oxygen atoms in total. The predicted molar refractivity (Wildman–Crippen MR) is 125 cm³/mol. The van der Waals surface area contributed by atoms with E-state index >= 15 is 0 Å². The Morgan fingerprint density at radius 2 is 1.97 bits per heavy atom. The number of rotatable bonds is 4. The second kappa shape index (κ2) is 7.47. The summed E-state index contributed by atoms with van der Waals surface area (Å²) in [6, 6.07) is 5.42. The van der Waals surface area contributed by atoms with Crippen LogP contribution < -0.4 is 10.6 Å². The van der Waals surface area contributed by atoms with Gasteiger partial charge in [0.2, 0.25) is 0 Å². The lowest BCUT2D eigenvalue weighted by atomic mass is 9.75. The molecule has 29 heavy (non-hydrogen) atoms. The zero-order valence-electron chi connectivity index (χ0n) is 18.9. The smallest absolute Gasteiger partial charge is 0.324 e. The number of likely N-dealkylation sites (tertiary alicyclic amines) is 1. The van der Waals surface area contributed by atoms with Gasteiger partial charge in [-0.3, -0.25) is 4.68 Å². The lowest BCUT2D eigenvalue weighted by molar-refractivity contribution is 0.157. The fourth-order valence-electron chi connectivity index (χ4n) is 5.25. The molecule has 4 rings (SSSR count). The van der Waals surface area contributed by atoms with E-state index in [2.05, 4.69) is 55.3 Å². The lowest BCUT2D eigenvalue weighted by Gasteiger charge is -2.42. The van der Waals surface area contributed by atoms with Gasteiger partial charge in [-0.15, -0.1) is 0 Å². The van der Waals surface area contributed by atoms with E-state index in [0.717, 1.165) is 19.5 Å². The number of carbonyl (C=O) groups is 1. The van der Waals surface area contributed by atoms with Crippen molar-refractivity contribution >= 4 is 30.2 Å². The van der Waals surface area contributed by atoms with Crippen LogP contribution in [0.2, 0.25) is 19.6 Å². The molecule has 2 aromatic rings. The fourth-order valence-corrected chi connectivity index (χ4v) is 6.41. The molecule has 1 aromatic carbocycles. The number of urea groups is 1. The van der Waals surface area contributed by atoms with E-state index in [0.29, 0.717) is 12.0 Å². The highest BCUT2D eigenvalue weighted by Crippen LogP contribution is 2.43. The molecule has 1 saturated heterocycles. The average molecular weight is 413 g/mol. The fraction of sp³-hybridized carbons (Fsp3) is 0.609. The largest absolute Gasteiger partial charge is 0.336 e. The molecular weight excluding hydrogens is 376 g/mol. The number of aromatic nitrogens is 1. The van der Waals surface area contributed by atoms with Crippen LogP contribution in [0.1, 0.15) is 43.7 Å². The molecule has 1 aromatic heterocycles. The van der Waals surface area contributed by atoms with Gasteiger partial charge in [0.1, 0.15) is 0 Å². The van der Waals surface area contributed by atoms with E-state index in [1.165, 1.54) is 46.6 Å². The number of carbonyl (C=O) groups excluding carboxylic acids is 1. The van der Waals surface area contributed by atoms with Crippen molar-refractivity contribution in [3.63, 3.8) is 0 Å². The lowest BCUT2D eigenvalue weighted by Crippen LogP contribution is -2.45. The van der Waals surface area contributed by atoms with Gasteiger partial charge in [-0.1, -0.05) is 30.9 Å². The first kappa shape index (κ1) is 20.5. The quantitative estimate of drug-likeness (QED) is 0.773. The highest BCUT2D eigenvalue weighted by molar-refractivity contribution is 6.88. The van der Waals surface area contributed by atoms with E-state index < -0.39 is 8.07 Å². The Morgan fingerprint density at radius 1 is 1.24 bits per heavy atom. The van der Waals surface area contributed by atoms with Crippen molar-refractivity contribution in [2.45, 2.75) is 64.7 Å². The van der Waals surface area contributed by atoms with Crippen LogP contribution in [0.5, 0.6) is 0 Å². The van der Waals surface area contributed by atoms with Gasteiger partial charge in [-0.2, -0.15) is 0 Å². The molecule has 2 amide bonds. The monoisotopic (exact) mass is 412 g/mol. The molecule has 1 fully saturated rings. The van der Waals surface area contributed by atoms with Crippen molar-refractivity contribution in [1.29, 1.82) is 0 Å². The number of hydrogen-bond acceptors (Lipinski definition) is 2. The third-order valence-electron chi connectivity index (χ3n) is 7.03. The van der Waals surface area contributed by atoms with Crippen LogP contribution in [0.15, 0.2) is 18.3 Å². The minimum atomic E-state index is -1.49.